The first kappa shape index (κ1) is 21.1. The Morgan fingerprint density at radius 1 is 1.21 bits per heavy atom. The number of hydrogen-bond donors (Lipinski definition) is 2. The predicted octanol–water partition coefficient (Wildman–Crippen LogP) is 2.23. The topological polar surface area (TPSA) is 74.0 Å². The van der Waals surface area contributed by atoms with Gasteiger partial charge in [0.1, 0.15) is 0 Å². The van der Waals surface area contributed by atoms with Crippen LogP contribution in [0.5, 0.6) is 0 Å². The summed E-state index contributed by atoms with van der Waals surface area (Å²) in [5.41, 5.74) is 6.96. The maximum atomic E-state index is 13.1. The summed E-state index contributed by atoms with van der Waals surface area (Å²) in [7, 11) is 1.67. The molecule has 1 atom stereocenters. The third-order valence-electron chi connectivity index (χ3n) is 5.79. The fourth-order valence-corrected chi connectivity index (χ4v) is 4.04. The lowest BCUT2D eigenvalue weighted by molar-refractivity contribution is -0.142. The minimum absolute atomic E-state index is 0.0352. The number of piperazine rings is 1. The highest BCUT2D eigenvalue weighted by molar-refractivity contribution is 5.84. The van der Waals surface area contributed by atoms with Crippen LogP contribution in [-0.4, -0.2) is 67.5 Å². The number of amides is 1. The summed E-state index contributed by atoms with van der Waals surface area (Å²) in [6.07, 6.45) is 2.62. The van der Waals surface area contributed by atoms with Crippen LogP contribution in [0.4, 0.5) is 0 Å². The second-order valence-corrected chi connectivity index (χ2v) is 7.58. The van der Waals surface area contributed by atoms with E-state index in [1.54, 1.807) is 7.05 Å². The van der Waals surface area contributed by atoms with Crippen LogP contribution in [0.3, 0.4) is 0 Å². The average Bonchev–Trinajstić information content (AvgIpc) is 2.76. The first-order chi connectivity index (χ1) is 14.1. The van der Waals surface area contributed by atoms with Gasteiger partial charge in [0.15, 0.2) is 5.96 Å². The van der Waals surface area contributed by atoms with Crippen molar-refractivity contribution in [1.29, 1.82) is 0 Å². The highest BCUT2D eigenvalue weighted by Gasteiger charge is 2.33. The molecule has 3 N–H and O–H groups in total. The van der Waals surface area contributed by atoms with Crippen LogP contribution in [0.25, 0.3) is 10.8 Å². The molecule has 2 aromatic rings. The number of fused-ring (bicyclic) bond motifs is 1. The third-order valence-corrected chi connectivity index (χ3v) is 5.79. The molecule has 0 bridgehead atoms. The average molecular weight is 396 g/mol. The Kier molecular flexibility index (Phi) is 7.47. The molecule has 0 aromatic heterocycles. The molecule has 1 heterocycles. The Labute approximate surface area is 173 Å². The minimum atomic E-state index is -0.0352. The Hall–Kier alpha value is -2.60. The van der Waals surface area contributed by atoms with Crippen LogP contribution in [0, 0.1) is 0 Å². The summed E-state index contributed by atoms with van der Waals surface area (Å²) < 4.78 is 0. The normalized spacial score (nSPS) is 18.4. The van der Waals surface area contributed by atoms with Gasteiger partial charge in [0, 0.05) is 33.2 Å². The molecular weight excluding hydrogens is 362 g/mol. The molecule has 3 rings (SSSR count). The van der Waals surface area contributed by atoms with E-state index in [1.807, 2.05) is 4.90 Å². The van der Waals surface area contributed by atoms with Crippen molar-refractivity contribution >= 4 is 22.6 Å². The van der Waals surface area contributed by atoms with E-state index in [-0.39, 0.29) is 11.9 Å². The molecule has 1 aliphatic heterocycles. The van der Waals surface area contributed by atoms with E-state index in [9.17, 15) is 4.79 Å². The van der Waals surface area contributed by atoms with E-state index in [2.05, 4.69) is 64.6 Å². The number of benzene rings is 2. The molecule has 1 fully saturated rings. The number of likely N-dealkylation sites (N-methyl/N-ethyl adjacent to an activating group) is 1. The lowest BCUT2D eigenvalue weighted by atomic mass is 10.0. The number of carbonyl (C=O) groups is 1. The maximum Gasteiger partial charge on any atom is 0.239 e. The zero-order valence-electron chi connectivity index (χ0n) is 17.6. The van der Waals surface area contributed by atoms with Gasteiger partial charge < -0.3 is 16.0 Å². The number of nitrogens with one attached hydrogen (secondary N) is 1. The SMILES string of the molecule is CCN1CCN(CCc2ccc3ccccc3c2)C(=O)C1CCCNC(N)=NC. The lowest BCUT2D eigenvalue weighted by Gasteiger charge is -2.40. The van der Waals surface area contributed by atoms with Gasteiger partial charge in [-0.05, 0) is 42.1 Å². The number of nitrogens with two attached hydrogens (primary N) is 1. The van der Waals surface area contributed by atoms with Gasteiger partial charge in [0.2, 0.25) is 5.91 Å². The van der Waals surface area contributed by atoms with E-state index in [0.29, 0.717) is 5.96 Å². The first-order valence-corrected chi connectivity index (χ1v) is 10.6. The Bertz CT molecular complexity index is 850. The Morgan fingerprint density at radius 3 is 2.76 bits per heavy atom. The van der Waals surface area contributed by atoms with Crippen molar-refractivity contribution in [3.63, 3.8) is 0 Å². The molecule has 2 aromatic carbocycles. The number of nitrogens with zero attached hydrogens (tertiary/aromatic N) is 3. The van der Waals surface area contributed by atoms with Gasteiger partial charge in [-0.15, -0.1) is 0 Å². The number of aliphatic imine (C=N–C) groups is 1. The molecule has 1 unspecified atom stereocenters. The minimum Gasteiger partial charge on any atom is -0.370 e. The highest BCUT2D eigenvalue weighted by Crippen LogP contribution is 2.19. The first-order valence-electron chi connectivity index (χ1n) is 10.6. The molecule has 1 aliphatic rings. The van der Waals surface area contributed by atoms with Crippen molar-refractivity contribution in [2.24, 2.45) is 10.7 Å². The van der Waals surface area contributed by atoms with Gasteiger partial charge in [-0.1, -0.05) is 49.4 Å². The number of guanidine groups is 1. The van der Waals surface area contributed by atoms with Gasteiger partial charge in [-0.2, -0.15) is 0 Å². The van der Waals surface area contributed by atoms with Crippen LogP contribution >= 0.6 is 0 Å². The van der Waals surface area contributed by atoms with Crippen LogP contribution in [-0.2, 0) is 11.2 Å². The highest BCUT2D eigenvalue weighted by atomic mass is 16.2. The standard InChI is InChI=1S/C23H33N5O/c1-3-27-15-16-28(22(29)21(27)9-6-13-26-23(24)25-2)14-12-18-10-11-19-7-4-5-8-20(19)17-18/h4-5,7-8,10-11,17,21H,3,6,9,12-16H2,1-2H3,(H3,24,25,26). The molecule has 0 spiro atoms. The molecule has 29 heavy (non-hydrogen) atoms. The van der Waals surface area contributed by atoms with Crippen LogP contribution in [0.1, 0.15) is 25.3 Å². The van der Waals surface area contributed by atoms with E-state index in [4.69, 9.17) is 5.73 Å². The van der Waals surface area contributed by atoms with E-state index < -0.39 is 0 Å². The van der Waals surface area contributed by atoms with Crippen LogP contribution in [0.2, 0.25) is 0 Å². The number of carbonyl (C=O) groups excluding carboxylic acids is 1. The molecule has 0 saturated carbocycles. The van der Waals surface area contributed by atoms with E-state index >= 15 is 0 Å². The number of rotatable bonds is 8. The molecule has 6 nitrogen and oxygen atoms in total. The van der Waals surface area contributed by atoms with Crippen molar-refractivity contribution in [1.82, 2.24) is 15.1 Å². The second kappa shape index (κ2) is 10.3. The van der Waals surface area contributed by atoms with Crippen molar-refractivity contribution in [3.8, 4) is 0 Å². The summed E-state index contributed by atoms with van der Waals surface area (Å²) >= 11 is 0. The third kappa shape index (κ3) is 5.48. The molecule has 1 saturated heterocycles. The van der Waals surface area contributed by atoms with Gasteiger partial charge in [0.25, 0.3) is 0 Å². The van der Waals surface area contributed by atoms with Crippen molar-refractivity contribution in [2.45, 2.75) is 32.2 Å². The summed E-state index contributed by atoms with van der Waals surface area (Å²) in [6.45, 7) is 6.30. The monoisotopic (exact) mass is 395 g/mol. The quantitative estimate of drug-likeness (QED) is 0.408. The molecule has 0 aliphatic carbocycles. The molecule has 0 radical (unpaired) electrons. The summed E-state index contributed by atoms with van der Waals surface area (Å²) in [5, 5.41) is 5.59. The number of hydrogen-bond acceptors (Lipinski definition) is 3. The van der Waals surface area contributed by atoms with Crippen LogP contribution in [0.15, 0.2) is 47.5 Å². The summed E-state index contributed by atoms with van der Waals surface area (Å²) in [5.74, 6) is 0.709. The van der Waals surface area contributed by atoms with E-state index in [1.165, 1.54) is 16.3 Å². The second-order valence-electron chi connectivity index (χ2n) is 7.58. The Morgan fingerprint density at radius 2 is 2.00 bits per heavy atom. The largest absolute Gasteiger partial charge is 0.370 e. The predicted molar refractivity (Wildman–Crippen MR) is 120 cm³/mol. The molecular formula is C23H33N5O. The van der Waals surface area contributed by atoms with Crippen molar-refractivity contribution < 1.29 is 4.79 Å². The van der Waals surface area contributed by atoms with Gasteiger partial charge in [-0.25, -0.2) is 0 Å². The Balaban J connectivity index is 1.56. The van der Waals surface area contributed by atoms with Gasteiger partial charge >= 0.3 is 0 Å². The molecule has 156 valence electrons. The molecule has 1 amide bonds. The van der Waals surface area contributed by atoms with Gasteiger partial charge in [0.05, 0.1) is 6.04 Å². The van der Waals surface area contributed by atoms with E-state index in [0.717, 1.165) is 52.0 Å². The summed E-state index contributed by atoms with van der Waals surface area (Å²) in [6, 6.07) is 15.0. The zero-order chi connectivity index (χ0) is 20.6. The summed E-state index contributed by atoms with van der Waals surface area (Å²) in [4.78, 5) is 21.4. The van der Waals surface area contributed by atoms with Gasteiger partial charge in [-0.3, -0.25) is 14.7 Å². The van der Waals surface area contributed by atoms with Crippen molar-refractivity contribution in [3.05, 3.63) is 48.0 Å². The fraction of sp³-hybridized carbons (Fsp3) is 0.478. The van der Waals surface area contributed by atoms with Crippen molar-refractivity contribution in [2.75, 3.05) is 39.8 Å². The lowest BCUT2D eigenvalue weighted by Crippen LogP contribution is -2.57. The maximum absolute atomic E-state index is 13.1. The molecule has 6 heteroatoms. The zero-order valence-corrected chi connectivity index (χ0v) is 17.6. The van der Waals surface area contributed by atoms with Crippen LogP contribution < -0.4 is 11.1 Å². The fourth-order valence-electron chi connectivity index (χ4n) is 4.04. The smallest absolute Gasteiger partial charge is 0.239 e.